The molecule has 2 aromatic heterocycles. The Morgan fingerprint density at radius 1 is 1.60 bits per heavy atom. The Morgan fingerprint density at radius 2 is 2.40 bits per heavy atom. The van der Waals surface area contributed by atoms with Crippen LogP contribution in [0.4, 0.5) is 0 Å². The van der Waals surface area contributed by atoms with Crippen LogP contribution in [-0.4, -0.2) is 5.78 Å². The van der Waals surface area contributed by atoms with Crippen molar-refractivity contribution < 1.29 is 9.21 Å². The van der Waals surface area contributed by atoms with Crippen LogP contribution in [0.15, 0.2) is 32.7 Å². The van der Waals surface area contributed by atoms with E-state index in [0.29, 0.717) is 12.0 Å². The van der Waals surface area contributed by atoms with Crippen molar-refractivity contribution in [3.05, 3.63) is 44.4 Å². The van der Waals surface area contributed by atoms with Gasteiger partial charge in [-0.05, 0) is 40.4 Å². The summed E-state index contributed by atoms with van der Waals surface area (Å²) < 4.78 is 6.11. The van der Waals surface area contributed by atoms with E-state index in [-0.39, 0.29) is 5.78 Å². The molecule has 2 heterocycles. The second-order valence-electron chi connectivity index (χ2n) is 3.24. The van der Waals surface area contributed by atoms with Crippen molar-refractivity contribution in [2.45, 2.75) is 13.3 Å². The summed E-state index contributed by atoms with van der Waals surface area (Å²) in [7, 11) is 0. The highest BCUT2D eigenvalue weighted by atomic mass is 79.9. The van der Waals surface area contributed by atoms with E-state index in [1.807, 2.05) is 18.4 Å². The molecule has 0 aliphatic heterocycles. The summed E-state index contributed by atoms with van der Waals surface area (Å²) in [5.74, 6) is 0.860. The highest BCUT2D eigenvalue weighted by Crippen LogP contribution is 2.24. The van der Waals surface area contributed by atoms with E-state index in [1.165, 1.54) is 6.26 Å². The minimum Gasteiger partial charge on any atom is -0.469 e. The predicted octanol–water partition coefficient (Wildman–Crippen LogP) is 3.84. The molecule has 0 saturated heterocycles. The van der Waals surface area contributed by atoms with Crippen molar-refractivity contribution in [2.75, 3.05) is 0 Å². The van der Waals surface area contributed by atoms with Crippen LogP contribution < -0.4 is 0 Å². The molecule has 0 aromatic carbocycles. The molecule has 0 bridgehead atoms. The molecule has 0 aliphatic rings. The number of carbonyl (C=O) groups excluding carboxylic acids is 1. The molecule has 0 aliphatic carbocycles. The SMILES string of the molecule is Cc1cc(C(=O)Cc2sccc2Br)co1. The smallest absolute Gasteiger partial charge is 0.171 e. The van der Waals surface area contributed by atoms with Crippen LogP contribution in [0.2, 0.25) is 0 Å². The van der Waals surface area contributed by atoms with Crippen LogP contribution in [-0.2, 0) is 6.42 Å². The first-order chi connectivity index (χ1) is 7.16. The maximum Gasteiger partial charge on any atom is 0.171 e. The van der Waals surface area contributed by atoms with Crippen molar-refractivity contribution >= 4 is 33.0 Å². The summed E-state index contributed by atoms with van der Waals surface area (Å²) in [5, 5.41) is 1.97. The summed E-state index contributed by atoms with van der Waals surface area (Å²) in [6.07, 6.45) is 1.94. The lowest BCUT2D eigenvalue weighted by atomic mass is 10.1. The Bertz CT molecular complexity index is 484. The van der Waals surface area contributed by atoms with Gasteiger partial charge in [0, 0.05) is 15.8 Å². The number of halogens is 1. The van der Waals surface area contributed by atoms with E-state index >= 15 is 0 Å². The van der Waals surface area contributed by atoms with Gasteiger partial charge in [-0.1, -0.05) is 0 Å². The molecule has 0 N–H and O–H groups in total. The summed E-state index contributed by atoms with van der Waals surface area (Å²) in [6.45, 7) is 1.83. The lowest BCUT2D eigenvalue weighted by Gasteiger charge is -1.95. The molecule has 0 unspecified atom stereocenters. The molecule has 2 nitrogen and oxygen atoms in total. The molecule has 0 amide bonds. The molecule has 0 spiro atoms. The third kappa shape index (κ3) is 2.38. The maximum absolute atomic E-state index is 11.8. The number of ketones is 1. The number of rotatable bonds is 3. The van der Waals surface area contributed by atoms with Gasteiger partial charge in [0.15, 0.2) is 5.78 Å². The number of aryl methyl sites for hydroxylation is 1. The van der Waals surface area contributed by atoms with E-state index in [4.69, 9.17) is 4.42 Å². The van der Waals surface area contributed by atoms with Gasteiger partial charge in [0.05, 0.1) is 5.56 Å². The number of carbonyl (C=O) groups is 1. The van der Waals surface area contributed by atoms with Gasteiger partial charge in [-0.3, -0.25) is 4.79 Å². The fraction of sp³-hybridized carbons (Fsp3) is 0.182. The first-order valence-electron chi connectivity index (χ1n) is 4.47. The molecular formula is C11H9BrO2S. The minimum absolute atomic E-state index is 0.0926. The lowest BCUT2D eigenvalue weighted by Crippen LogP contribution is -2.00. The first-order valence-corrected chi connectivity index (χ1v) is 6.14. The van der Waals surface area contributed by atoms with E-state index < -0.39 is 0 Å². The lowest BCUT2D eigenvalue weighted by molar-refractivity contribution is 0.0993. The fourth-order valence-corrected chi connectivity index (χ4v) is 2.78. The van der Waals surface area contributed by atoms with Crippen LogP contribution in [0.1, 0.15) is 21.0 Å². The largest absolute Gasteiger partial charge is 0.469 e. The Morgan fingerprint density at radius 3 is 2.93 bits per heavy atom. The Kier molecular flexibility index (Phi) is 3.07. The van der Waals surface area contributed by atoms with Gasteiger partial charge in [0.25, 0.3) is 0 Å². The summed E-state index contributed by atoms with van der Waals surface area (Å²) >= 11 is 4.99. The van der Waals surface area contributed by atoms with Gasteiger partial charge in [-0.15, -0.1) is 11.3 Å². The van der Waals surface area contributed by atoms with Gasteiger partial charge in [-0.25, -0.2) is 0 Å². The first kappa shape index (κ1) is 10.6. The number of hydrogen-bond donors (Lipinski definition) is 0. The number of thiophene rings is 1. The van der Waals surface area contributed by atoms with Crippen LogP contribution in [0.5, 0.6) is 0 Å². The van der Waals surface area contributed by atoms with Gasteiger partial charge in [0.1, 0.15) is 12.0 Å². The van der Waals surface area contributed by atoms with Crippen molar-refractivity contribution in [3.63, 3.8) is 0 Å². The molecular weight excluding hydrogens is 276 g/mol. The molecule has 2 rings (SSSR count). The standard InChI is InChI=1S/C11H9BrO2S/c1-7-4-8(6-14-7)10(13)5-11-9(12)2-3-15-11/h2-4,6H,5H2,1H3. The zero-order valence-corrected chi connectivity index (χ0v) is 10.5. The van der Waals surface area contributed by atoms with Crippen LogP contribution in [0, 0.1) is 6.92 Å². The van der Waals surface area contributed by atoms with Gasteiger partial charge in [0.2, 0.25) is 0 Å². The maximum atomic E-state index is 11.8. The Labute approximate surface area is 100 Å². The molecule has 0 atom stereocenters. The average Bonchev–Trinajstić information content (AvgIpc) is 2.77. The van der Waals surface area contributed by atoms with Crippen molar-refractivity contribution in [2.24, 2.45) is 0 Å². The zero-order chi connectivity index (χ0) is 10.8. The second-order valence-corrected chi connectivity index (χ2v) is 5.09. The molecule has 4 heteroatoms. The summed E-state index contributed by atoms with van der Waals surface area (Å²) in [5.41, 5.74) is 0.646. The molecule has 0 saturated carbocycles. The highest BCUT2D eigenvalue weighted by Gasteiger charge is 2.12. The van der Waals surface area contributed by atoms with Crippen molar-refractivity contribution in [3.8, 4) is 0 Å². The normalized spacial score (nSPS) is 10.5. The quantitative estimate of drug-likeness (QED) is 0.802. The Balaban J connectivity index is 2.14. The average molecular weight is 285 g/mol. The van der Waals surface area contributed by atoms with Gasteiger partial charge < -0.3 is 4.42 Å². The minimum atomic E-state index is 0.0926. The zero-order valence-electron chi connectivity index (χ0n) is 8.12. The summed E-state index contributed by atoms with van der Waals surface area (Å²) in [6, 6.07) is 3.72. The predicted molar refractivity (Wildman–Crippen MR) is 63.5 cm³/mol. The van der Waals surface area contributed by atoms with Crippen molar-refractivity contribution in [1.82, 2.24) is 0 Å². The van der Waals surface area contributed by atoms with Crippen LogP contribution in [0.25, 0.3) is 0 Å². The van der Waals surface area contributed by atoms with Crippen molar-refractivity contribution in [1.29, 1.82) is 0 Å². The molecule has 2 aromatic rings. The van der Waals surface area contributed by atoms with E-state index in [0.717, 1.165) is 15.1 Å². The third-order valence-electron chi connectivity index (χ3n) is 2.06. The number of Topliss-reactive ketones (excluding diaryl/α,β-unsaturated/α-hetero) is 1. The molecule has 0 radical (unpaired) electrons. The molecule has 78 valence electrons. The van der Waals surface area contributed by atoms with Gasteiger partial charge >= 0.3 is 0 Å². The fourth-order valence-electron chi connectivity index (χ4n) is 1.29. The van der Waals surface area contributed by atoms with E-state index in [1.54, 1.807) is 17.4 Å². The van der Waals surface area contributed by atoms with Gasteiger partial charge in [-0.2, -0.15) is 0 Å². The topological polar surface area (TPSA) is 30.2 Å². The third-order valence-corrected chi connectivity index (χ3v) is 3.99. The Hall–Kier alpha value is -0.870. The number of hydrogen-bond acceptors (Lipinski definition) is 3. The van der Waals surface area contributed by atoms with Crippen LogP contribution >= 0.6 is 27.3 Å². The second kappa shape index (κ2) is 4.33. The van der Waals surface area contributed by atoms with E-state index in [9.17, 15) is 4.79 Å². The number of furan rings is 1. The highest BCUT2D eigenvalue weighted by molar-refractivity contribution is 9.10. The molecule has 15 heavy (non-hydrogen) atoms. The van der Waals surface area contributed by atoms with E-state index in [2.05, 4.69) is 15.9 Å². The summed E-state index contributed by atoms with van der Waals surface area (Å²) in [4.78, 5) is 12.9. The monoisotopic (exact) mass is 284 g/mol. The molecule has 0 fully saturated rings. The van der Waals surface area contributed by atoms with Crippen LogP contribution in [0.3, 0.4) is 0 Å².